The second-order valence-corrected chi connectivity index (χ2v) is 4.14. The molecule has 9 heteroatoms. The largest absolute Gasteiger partial charge is 0.497 e. The van der Waals surface area contributed by atoms with Crippen molar-refractivity contribution in [2.45, 2.75) is 12.7 Å². The maximum Gasteiger partial charge on any atom is 0.436 e. The standard InChI is InChI=1S/C13H11F3N4O2/c1-21-9-2-4-10(5-3-9)22-7-6-20-12(13(14,15)16)11(8-17)18-19-20/h2-5H,6-7H2,1H3. The summed E-state index contributed by atoms with van der Waals surface area (Å²) in [5, 5.41) is 15.2. The zero-order valence-electron chi connectivity index (χ0n) is 11.5. The lowest BCUT2D eigenvalue weighted by Crippen LogP contribution is -2.19. The number of nitriles is 1. The first-order valence-corrected chi connectivity index (χ1v) is 6.13. The van der Waals surface area contributed by atoms with Crippen LogP contribution in [0.4, 0.5) is 13.2 Å². The minimum Gasteiger partial charge on any atom is -0.497 e. The lowest BCUT2D eigenvalue weighted by atomic mass is 10.3. The third-order valence-electron chi connectivity index (χ3n) is 2.74. The van der Waals surface area contributed by atoms with E-state index in [1.54, 1.807) is 24.3 Å². The van der Waals surface area contributed by atoms with Crippen molar-refractivity contribution in [2.24, 2.45) is 0 Å². The van der Waals surface area contributed by atoms with E-state index in [4.69, 9.17) is 14.7 Å². The van der Waals surface area contributed by atoms with Crippen LogP contribution in [0.5, 0.6) is 11.5 Å². The number of alkyl halides is 3. The number of aromatic nitrogens is 3. The summed E-state index contributed by atoms with van der Waals surface area (Å²) in [5.74, 6) is 1.12. The average molecular weight is 312 g/mol. The highest BCUT2D eigenvalue weighted by atomic mass is 19.4. The zero-order valence-corrected chi connectivity index (χ0v) is 11.5. The Morgan fingerprint density at radius 3 is 2.41 bits per heavy atom. The average Bonchev–Trinajstić information content (AvgIpc) is 2.91. The molecule has 0 spiro atoms. The highest BCUT2D eigenvalue weighted by Gasteiger charge is 2.39. The maximum atomic E-state index is 12.9. The number of rotatable bonds is 5. The smallest absolute Gasteiger partial charge is 0.436 e. The summed E-state index contributed by atoms with van der Waals surface area (Å²) in [6, 6.07) is 7.97. The number of hydrogen-bond donors (Lipinski definition) is 0. The second-order valence-electron chi connectivity index (χ2n) is 4.14. The van der Waals surface area contributed by atoms with E-state index in [9.17, 15) is 13.2 Å². The molecule has 0 fully saturated rings. The number of benzene rings is 1. The van der Waals surface area contributed by atoms with Crippen LogP contribution in [0.25, 0.3) is 0 Å². The Balaban J connectivity index is 2.03. The normalized spacial score (nSPS) is 11.0. The van der Waals surface area contributed by atoms with Gasteiger partial charge in [0.1, 0.15) is 24.2 Å². The Labute approximate surface area is 123 Å². The monoisotopic (exact) mass is 312 g/mol. The summed E-state index contributed by atoms with van der Waals surface area (Å²) in [7, 11) is 1.52. The van der Waals surface area contributed by atoms with Gasteiger partial charge >= 0.3 is 6.18 Å². The molecule has 116 valence electrons. The highest BCUT2D eigenvalue weighted by Crippen LogP contribution is 2.30. The van der Waals surface area contributed by atoms with Gasteiger partial charge in [0.25, 0.3) is 0 Å². The number of nitrogens with zero attached hydrogens (tertiary/aromatic N) is 4. The molecule has 0 aliphatic rings. The van der Waals surface area contributed by atoms with Crippen LogP contribution in [0.1, 0.15) is 11.4 Å². The van der Waals surface area contributed by atoms with E-state index >= 15 is 0 Å². The summed E-state index contributed by atoms with van der Waals surface area (Å²) >= 11 is 0. The Hall–Kier alpha value is -2.76. The van der Waals surface area contributed by atoms with Gasteiger partial charge in [-0.3, -0.25) is 0 Å². The van der Waals surface area contributed by atoms with E-state index in [-0.39, 0.29) is 13.2 Å². The molecule has 1 heterocycles. The van der Waals surface area contributed by atoms with E-state index in [1.807, 2.05) is 0 Å². The molecular formula is C13H11F3N4O2. The van der Waals surface area contributed by atoms with E-state index in [2.05, 4.69) is 10.3 Å². The van der Waals surface area contributed by atoms with E-state index in [0.29, 0.717) is 16.2 Å². The molecule has 0 amide bonds. The first kappa shape index (κ1) is 15.6. The molecule has 0 aliphatic heterocycles. The molecule has 0 bridgehead atoms. The number of ether oxygens (including phenoxy) is 2. The van der Waals surface area contributed by atoms with Crippen molar-refractivity contribution in [3.63, 3.8) is 0 Å². The molecule has 0 radical (unpaired) electrons. The molecule has 2 rings (SSSR count). The fourth-order valence-electron chi connectivity index (χ4n) is 1.75. The van der Waals surface area contributed by atoms with Gasteiger partial charge in [-0.15, -0.1) is 5.10 Å². The Kier molecular flexibility index (Phi) is 4.50. The molecule has 2 aromatic rings. The van der Waals surface area contributed by atoms with Crippen LogP contribution >= 0.6 is 0 Å². The molecule has 0 saturated heterocycles. The molecule has 22 heavy (non-hydrogen) atoms. The molecule has 0 aliphatic carbocycles. The Morgan fingerprint density at radius 2 is 1.86 bits per heavy atom. The van der Waals surface area contributed by atoms with Gasteiger partial charge in [0.05, 0.1) is 13.7 Å². The number of methoxy groups -OCH3 is 1. The highest BCUT2D eigenvalue weighted by molar-refractivity contribution is 5.31. The van der Waals surface area contributed by atoms with E-state index in [0.717, 1.165) is 0 Å². The van der Waals surface area contributed by atoms with Crippen molar-refractivity contribution >= 4 is 0 Å². The van der Waals surface area contributed by atoms with Gasteiger partial charge in [0.2, 0.25) is 0 Å². The van der Waals surface area contributed by atoms with Crippen LogP contribution in [-0.4, -0.2) is 28.7 Å². The molecule has 0 atom stereocenters. The molecule has 0 saturated carbocycles. The van der Waals surface area contributed by atoms with Crippen LogP contribution in [0, 0.1) is 11.3 Å². The topological polar surface area (TPSA) is 73.0 Å². The van der Waals surface area contributed by atoms with Crippen molar-refractivity contribution in [3.8, 4) is 17.6 Å². The van der Waals surface area contributed by atoms with Crippen molar-refractivity contribution in [1.82, 2.24) is 15.0 Å². The van der Waals surface area contributed by atoms with Gasteiger partial charge in [-0.05, 0) is 24.3 Å². The first-order valence-electron chi connectivity index (χ1n) is 6.13. The van der Waals surface area contributed by atoms with Crippen LogP contribution < -0.4 is 9.47 Å². The van der Waals surface area contributed by atoms with Gasteiger partial charge in [-0.25, -0.2) is 4.68 Å². The van der Waals surface area contributed by atoms with Crippen LogP contribution in [0.15, 0.2) is 24.3 Å². The van der Waals surface area contributed by atoms with Crippen molar-refractivity contribution in [2.75, 3.05) is 13.7 Å². The first-order chi connectivity index (χ1) is 10.5. The fourth-order valence-corrected chi connectivity index (χ4v) is 1.75. The third-order valence-corrected chi connectivity index (χ3v) is 2.74. The summed E-state index contributed by atoms with van der Waals surface area (Å²) < 4.78 is 49.5. The molecule has 1 aromatic heterocycles. The predicted molar refractivity (Wildman–Crippen MR) is 68.2 cm³/mol. The van der Waals surface area contributed by atoms with Gasteiger partial charge in [0.15, 0.2) is 11.4 Å². The summed E-state index contributed by atoms with van der Waals surface area (Å²) in [5.41, 5.74) is -1.93. The van der Waals surface area contributed by atoms with E-state index < -0.39 is 17.6 Å². The number of hydrogen-bond acceptors (Lipinski definition) is 5. The quantitative estimate of drug-likeness (QED) is 0.846. The molecule has 1 aromatic carbocycles. The molecule has 6 nitrogen and oxygen atoms in total. The summed E-state index contributed by atoms with van der Waals surface area (Å²) in [6.07, 6.45) is -4.70. The fraction of sp³-hybridized carbons (Fsp3) is 0.308. The molecular weight excluding hydrogens is 301 g/mol. The second kappa shape index (κ2) is 6.34. The van der Waals surface area contributed by atoms with Gasteiger partial charge < -0.3 is 9.47 Å². The zero-order chi connectivity index (χ0) is 16.2. The van der Waals surface area contributed by atoms with Crippen molar-refractivity contribution < 1.29 is 22.6 Å². The van der Waals surface area contributed by atoms with Gasteiger partial charge in [-0.1, -0.05) is 5.21 Å². The summed E-state index contributed by atoms with van der Waals surface area (Å²) in [6.45, 7) is -0.237. The number of halogens is 3. The minimum absolute atomic E-state index is 0.0519. The van der Waals surface area contributed by atoms with Gasteiger partial charge in [0, 0.05) is 0 Å². The van der Waals surface area contributed by atoms with Crippen LogP contribution in [0.3, 0.4) is 0 Å². The van der Waals surface area contributed by atoms with Crippen LogP contribution in [0.2, 0.25) is 0 Å². The Bertz CT molecular complexity index is 674. The Morgan fingerprint density at radius 1 is 1.23 bits per heavy atom. The maximum absolute atomic E-state index is 12.9. The molecule has 0 N–H and O–H groups in total. The summed E-state index contributed by atoms with van der Waals surface area (Å²) in [4.78, 5) is 0. The van der Waals surface area contributed by atoms with Crippen molar-refractivity contribution in [3.05, 3.63) is 35.7 Å². The third kappa shape index (κ3) is 3.46. The minimum atomic E-state index is -4.70. The predicted octanol–water partition coefficient (Wildman–Crippen LogP) is 2.26. The van der Waals surface area contributed by atoms with Gasteiger partial charge in [-0.2, -0.15) is 18.4 Å². The van der Waals surface area contributed by atoms with E-state index in [1.165, 1.54) is 13.2 Å². The SMILES string of the molecule is COc1ccc(OCCn2nnc(C#N)c2C(F)(F)F)cc1. The van der Waals surface area contributed by atoms with Crippen molar-refractivity contribution in [1.29, 1.82) is 5.26 Å². The lowest BCUT2D eigenvalue weighted by Gasteiger charge is -2.10. The molecule has 0 unspecified atom stereocenters. The van der Waals surface area contributed by atoms with Crippen LogP contribution in [-0.2, 0) is 12.7 Å². The lowest BCUT2D eigenvalue weighted by molar-refractivity contribution is -0.144.